The monoisotopic (exact) mass is 336 g/mol. The molecule has 0 aliphatic rings. The molecule has 0 radical (unpaired) electrons. The minimum Gasteiger partial charge on any atom is -0.355 e. The molecule has 0 aliphatic heterocycles. The maximum atomic E-state index is 11.9. The van der Waals surface area contributed by atoms with Gasteiger partial charge in [-0.05, 0) is 31.9 Å². The molecule has 2 N–H and O–H groups in total. The van der Waals surface area contributed by atoms with Gasteiger partial charge < -0.3 is 10.6 Å². The minimum atomic E-state index is -0.175. The first-order valence-electron chi connectivity index (χ1n) is 7.20. The standard InChI is InChI=1S/C15H20N4OS2/c1-4-9-16-13(20)11(3)21-15-19-18-14(22-15)17-12-8-6-5-7-10(12)2/h5-8,11H,4,9H2,1-3H3,(H,16,20)(H,17,18). The van der Waals surface area contributed by atoms with Crippen molar-refractivity contribution in [2.45, 2.75) is 36.8 Å². The highest BCUT2D eigenvalue weighted by Crippen LogP contribution is 2.31. The summed E-state index contributed by atoms with van der Waals surface area (Å²) in [6, 6.07) is 8.02. The molecule has 1 heterocycles. The van der Waals surface area contributed by atoms with Gasteiger partial charge in [0.15, 0.2) is 4.34 Å². The first-order chi connectivity index (χ1) is 10.6. The van der Waals surface area contributed by atoms with Gasteiger partial charge in [0, 0.05) is 12.2 Å². The Hall–Kier alpha value is -1.60. The molecule has 1 aromatic carbocycles. The topological polar surface area (TPSA) is 66.9 Å². The van der Waals surface area contributed by atoms with Gasteiger partial charge in [-0.15, -0.1) is 10.2 Å². The largest absolute Gasteiger partial charge is 0.355 e. The molecule has 2 aromatic rings. The highest BCUT2D eigenvalue weighted by Gasteiger charge is 2.16. The van der Waals surface area contributed by atoms with Crippen LogP contribution in [0.2, 0.25) is 0 Å². The summed E-state index contributed by atoms with van der Waals surface area (Å²) < 4.78 is 0.787. The Bertz CT molecular complexity index is 630. The molecular weight excluding hydrogens is 316 g/mol. The second-order valence-electron chi connectivity index (χ2n) is 4.86. The van der Waals surface area contributed by atoms with Crippen molar-refractivity contribution in [3.05, 3.63) is 29.8 Å². The van der Waals surface area contributed by atoms with Crippen LogP contribution in [0.1, 0.15) is 25.8 Å². The smallest absolute Gasteiger partial charge is 0.233 e. The van der Waals surface area contributed by atoms with Gasteiger partial charge in [-0.25, -0.2) is 0 Å². The maximum absolute atomic E-state index is 11.9. The van der Waals surface area contributed by atoms with E-state index in [1.807, 2.05) is 45.0 Å². The third kappa shape index (κ3) is 4.71. The number of benzene rings is 1. The number of anilines is 2. The van der Waals surface area contributed by atoms with Crippen molar-refractivity contribution in [1.82, 2.24) is 15.5 Å². The Morgan fingerprint density at radius 1 is 1.36 bits per heavy atom. The van der Waals surface area contributed by atoms with Crippen molar-refractivity contribution < 1.29 is 4.79 Å². The van der Waals surface area contributed by atoms with E-state index in [1.54, 1.807) is 0 Å². The molecule has 0 aliphatic carbocycles. The molecule has 1 amide bonds. The number of amides is 1. The van der Waals surface area contributed by atoms with E-state index in [-0.39, 0.29) is 11.2 Å². The van der Waals surface area contributed by atoms with Crippen LogP contribution in [0.5, 0.6) is 0 Å². The lowest BCUT2D eigenvalue weighted by Crippen LogP contribution is -2.31. The first kappa shape index (κ1) is 16.8. The maximum Gasteiger partial charge on any atom is 0.233 e. The van der Waals surface area contributed by atoms with Crippen molar-refractivity contribution in [2.75, 3.05) is 11.9 Å². The van der Waals surface area contributed by atoms with Crippen LogP contribution >= 0.6 is 23.1 Å². The van der Waals surface area contributed by atoms with Crippen molar-refractivity contribution in [3.8, 4) is 0 Å². The SMILES string of the molecule is CCCNC(=O)C(C)Sc1nnc(Nc2ccccc2C)s1. The number of hydrogen-bond acceptors (Lipinski definition) is 6. The van der Waals surface area contributed by atoms with E-state index in [0.717, 1.165) is 27.1 Å². The Balaban J connectivity index is 1.94. The number of aromatic nitrogens is 2. The van der Waals surface area contributed by atoms with Crippen molar-refractivity contribution in [1.29, 1.82) is 0 Å². The molecular formula is C15H20N4OS2. The summed E-state index contributed by atoms with van der Waals surface area (Å²) in [5, 5.41) is 15.0. The molecule has 1 aromatic heterocycles. The molecule has 1 unspecified atom stereocenters. The van der Waals surface area contributed by atoms with E-state index in [0.29, 0.717) is 6.54 Å². The van der Waals surface area contributed by atoms with Gasteiger partial charge in [-0.3, -0.25) is 4.79 Å². The molecule has 22 heavy (non-hydrogen) atoms. The summed E-state index contributed by atoms with van der Waals surface area (Å²) in [4.78, 5) is 11.9. The lowest BCUT2D eigenvalue weighted by atomic mass is 10.2. The Morgan fingerprint density at radius 3 is 2.86 bits per heavy atom. The Kier molecular flexibility index (Phi) is 6.21. The van der Waals surface area contributed by atoms with Crippen molar-refractivity contribution in [2.24, 2.45) is 0 Å². The fourth-order valence-electron chi connectivity index (χ4n) is 1.73. The molecule has 5 nitrogen and oxygen atoms in total. The van der Waals surface area contributed by atoms with Crippen LogP contribution in [-0.4, -0.2) is 27.9 Å². The van der Waals surface area contributed by atoms with E-state index < -0.39 is 0 Å². The fraction of sp³-hybridized carbons (Fsp3) is 0.400. The average molecular weight is 336 g/mol. The van der Waals surface area contributed by atoms with Crippen LogP contribution in [0.4, 0.5) is 10.8 Å². The molecule has 2 rings (SSSR count). The fourth-order valence-corrected chi connectivity index (χ4v) is 3.67. The summed E-state index contributed by atoms with van der Waals surface area (Å²) >= 11 is 2.89. The number of aryl methyl sites for hydroxylation is 1. The Morgan fingerprint density at radius 2 is 2.14 bits per heavy atom. The molecule has 0 saturated carbocycles. The number of nitrogens with one attached hydrogen (secondary N) is 2. The van der Waals surface area contributed by atoms with Crippen LogP contribution in [0.3, 0.4) is 0 Å². The predicted molar refractivity (Wildman–Crippen MR) is 93.0 cm³/mol. The summed E-state index contributed by atoms with van der Waals surface area (Å²) in [6.45, 7) is 6.66. The Labute approximate surface area is 138 Å². The third-order valence-corrected chi connectivity index (χ3v) is 5.01. The van der Waals surface area contributed by atoms with Crippen molar-refractivity contribution in [3.63, 3.8) is 0 Å². The molecule has 7 heteroatoms. The van der Waals surface area contributed by atoms with Crippen LogP contribution < -0.4 is 10.6 Å². The van der Waals surface area contributed by atoms with Gasteiger partial charge in [0.05, 0.1) is 5.25 Å². The minimum absolute atomic E-state index is 0.0375. The second-order valence-corrected chi connectivity index (χ2v) is 7.43. The van der Waals surface area contributed by atoms with Gasteiger partial charge >= 0.3 is 0 Å². The van der Waals surface area contributed by atoms with E-state index in [4.69, 9.17) is 0 Å². The van der Waals surface area contributed by atoms with Crippen LogP contribution in [0, 0.1) is 6.92 Å². The summed E-state index contributed by atoms with van der Waals surface area (Å²) in [5.74, 6) is 0.0375. The zero-order chi connectivity index (χ0) is 15.9. The average Bonchev–Trinajstić information content (AvgIpc) is 2.94. The second kappa shape index (κ2) is 8.14. The molecule has 0 fully saturated rings. The van der Waals surface area contributed by atoms with Crippen molar-refractivity contribution >= 4 is 39.8 Å². The number of para-hydroxylation sites is 1. The van der Waals surface area contributed by atoms with Crippen LogP contribution in [0.15, 0.2) is 28.6 Å². The highest BCUT2D eigenvalue weighted by molar-refractivity contribution is 8.02. The zero-order valence-electron chi connectivity index (χ0n) is 12.9. The highest BCUT2D eigenvalue weighted by atomic mass is 32.2. The molecule has 118 valence electrons. The number of rotatable bonds is 7. The van der Waals surface area contributed by atoms with Crippen LogP contribution in [0.25, 0.3) is 0 Å². The van der Waals surface area contributed by atoms with Gasteiger partial charge in [0.2, 0.25) is 11.0 Å². The quantitative estimate of drug-likeness (QED) is 0.756. The molecule has 0 bridgehead atoms. The number of hydrogen-bond donors (Lipinski definition) is 2. The zero-order valence-corrected chi connectivity index (χ0v) is 14.6. The predicted octanol–water partition coefficient (Wildman–Crippen LogP) is 3.60. The number of carbonyl (C=O) groups excluding carboxylic acids is 1. The summed E-state index contributed by atoms with van der Waals surface area (Å²) in [6.07, 6.45) is 0.937. The van der Waals surface area contributed by atoms with E-state index in [1.165, 1.54) is 23.1 Å². The lowest BCUT2D eigenvalue weighted by molar-refractivity contribution is -0.120. The summed E-state index contributed by atoms with van der Waals surface area (Å²) in [5.41, 5.74) is 2.17. The first-order valence-corrected chi connectivity index (χ1v) is 8.90. The molecule has 1 atom stereocenters. The number of carbonyl (C=O) groups is 1. The lowest BCUT2D eigenvalue weighted by Gasteiger charge is -2.08. The van der Waals surface area contributed by atoms with Crippen LogP contribution in [-0.2, 0) is 4.79 Å². The van der Waals surface area contributed by atoms with Gasteiger partial charge in [-0.1, -0.05) is 48.2 Å². The third-order valence-electron chi connectivity index (χ3n) is 2.99. The van der Waals surface area contributed by atoms with Gasteiger partial charge in [0.25, 0.3) is 0 Å². The molecule has 0 saturated heterocycles. The van der Waals surface area contributed by atoms with Gasteiger partial charge in [0.1, 0.15) is 0 Å². The van der Waals surface area contributed by atoms with E-state index >= 15 is 0 Å². The van der Waals surface area contributed by atoms with Gasteiger partial charge in [-0.2, -0.15) is 0 Å². The summed E-state index contributed by atoms with van der Waals surface area (Å²) in [7, 11) is 0. The molecule has 0 spiro atoms. The van der Waals surface area contributed by atoms with E-state index in [9.17, 15) is 4.79 Å². The normalized spacial score (nSPS) is 12.0. The number of thioether (sulfide) groups is 1. The van der Waals surface area contributed by atoms with E-state index in [2.05, 4.69) is 20.8 Å². The number of nitrogens with zero attached hydrogens (tertiary/aromatic N) is 2.